The lowest BCUT2D eigenvalue weighted by Crippen LogP contribution is -2.11. The van der Waals surface area contributed by atoms with Gasteiger partial charge in [-0.1, -0.05) is 11.6 Å². The topological polar surface area (TPSA) is 68.0 Å². The molecule has 0 aliphatic rings. The van der Waals surface area contributed by atoms with Gasteiger partial charge in [0.1, 0.15) is 0 Å². The molecular formula is C11H10ClN3OS. The van der Waals surface area contributed by atoms with Crippen molar-refractivity contribution in [3.63, 3.8) is 0 Å². The summed E-state index contributed by atoms with van der Waals surface area (Å²) in [5.74, 6) is -0.527. The number of amides is 1. The van der Waals surface area contributed by atoms with Crippen LogP contribution in [0, 0.1) is 0 Å². The minimum atomic E-state index is -0.527. The Balaban J connectivity index is 2.07. The van der Waals surface area contributed by atoms with Gasteiger partial charge in [0.2, 0.25) is 5.91 Å². The van der Waals surface area contributed by atoms with Crippen LogP contribution in [-0.4, -0.2) is 10.9 Å². The largest absolute Gasteiger partial charge is 0.379 e. The molecule has 17 heavy (non-hydrogen) atoms. The number of halogens is 1. The van der Waals surface area contributed by atoms with Gasteiger partial charge in [-0.2, -0.15) is 0 Å². The molecule has 0 unspecified atom stereocenters. The van der Waals surface area contributed by atoms with Crippen molar-refractivity contribution in [1.29, 1.82) is 0 Å². The first-order chi connectivity index (χ1) is 8.16. The van der Waals surface area contributed by atoms with Crippen LogP contribution in [-0.2, 0) is 6.54 Å². The molecule has 1 aromatic heterocycles. The zero-order valence-electron chi connectivity index (χ0n) is 8.81. The van der Waals surface area contributed by atoms with E-state index in [9.17, 15) is 4.79 Å². The van der Waals surface area contributed by atoms with Crippen molar-refractivity contribution < 1.29 is 4.79 Å². The fourth-order valence-corrected chi connectivity index (χ4v) is 2.17. The van der Waals surface area contributed by atoms with E-state index < -0.39 is 5.91 Å². The van der Waals surface area contributed by atoms with Gasteiger partial charge in [0, 0.05) is 11.1 Å². The van der Waals surface area contributed by atoms with Gasteiger partial charge in [-0.05, 0) is 18.2 Å². The highest BCUT2D eigenvalue weighted by Gasteiger charge is 2.06. The first kappa shape index (κ1) is 11.9. The van der Waals surface area contributed by atoms with E-state index in [1.165, 1.54) is 0 Å². The molecule has 0 saturated carbocycles. The van der Waals surface area contributed by atoms with Gasteiger partial charge in [0.05, 0.1) is 28.3 Å². The minimum Gasteiger partial charge on any atom is -0.379 e. The molecule has 6 heteroatoms. The molecule has 3 N–H and O–H groups in total. The molecule has 0 atom stereocenters. The van der Waals surface area contributed by atoms with Gasteiger partial charge >= 0.3 is 0 Å². The van der Waals surface area contributed by atoms with Crippen LogP contribution in [0.5, 0.6) is 0 Å². The average Bonchev–Trinajstić information content (AvgIpc) is 2.78. The molecular weight excluding hydrogens is 258 g/mol. The summed E-state index contributed by atoms with van der Waals surface area (Å²) in [5.41, 5.74) is 9.06. The predicted molar refractivity (Wildman–Crippen MR) is 69.4 cm³/mol. The summed E-state index contributed by atoms with van der Waals surface area (Å²) in [7, 11) is 0. The van der Waals surface area contributed by atoms with Crippen LogP contribution < -0.4 is 11.1 Å². The lowest BCUT2D eigenvalue weighted by molar-refractivity contribution is 0.100. The number of hydrogen-bond donors (Lipinski definition) is 2. The highest BCUT2D eigenvalue weighted by molar-refractivity contribution is 7.07. The zero-order valence-corrected chi connectivity index (χ0v) is 10.4. The third kappa shape index (κ3) is 2.95. The number of carbonyl (C=O) groups is 1. The molecule has 2 rings (SSSR count). The minimum absolute atomic E-state index is 0.325. The van der Waals surface area contributed by atoms with Crippen LogP contribution in [0.15, 0.2) is 29.1 Å². The molecule has 4 nitrogen and oxygen atoms in total. The molecule has 0 spiro atoms. The molecule has 1 aromatic carbocycles. The maximum atomic E-state index is 11.0. The van der Waals surface area contributed by atoms with Crippen molar-refractivity contribution in [2.24, 2.45) is 5.73 Å². The number of primary amides is 1. The number of anilines is 1. The van der Waals surface area contributed by atoms with Crippen LogP contribution >= 0.6 is 22.9 Å². The highest BCUT2D eigenvalue weighted by atomic mass is 35.5. The normalized spacial score (nSPS) is 10.2. The lowest BCUT2D eigenvalue weighted by Gasteiger charge is -2.06. The first-order valence-electron chi connectivity index (χ1n) is 4.87. The van der Waals surface area contributed by atoms with Crippen molar-refractivity contribution in [2.45, 2.75) is 6.54 Å². The van der Waals surface area contributed by atoms with Crippen molar-refractivity contribution in [3.8, 4) is 0 Å². The van der Waals surface area contributed by atoms with Crippen molar-refractivity contribution in [3.05, 3.63) is 45.4 Å². The van der Waals surface area contributed by atoms with E-state index in [0.717, 1.165) is 11.4 Å². The van der Waals surface area contributed by atoms with Crippen LogP contribution in [0.1, 0.15) is 16.1 Å². The molecule has 0 aliphatic carbocycles. The van der Waals surface area contributed by atoms with Gasteiger partial charge < -0.3 is 11.1 Å². The van der Waals surface area contributed by atoms with Crippen LogP contribution in [0.2, 0.25) is 5.02 Å². The van der Waals surface area contributed by atoms with E-state index in [4.69, 9.17) is 17.3 Å². The highest BCUT2D eigenvalue weighted by Crippen LogP contribution is 2.21. The lowest BCUT2D eigenvalue weighted by atomic mass is 10.2. The summed E-state index contributed by atoms with van der Waals surface area (Å²) in [6.07, 6.45) is 0. The van der Waals surface area contributed by atoms with E-state index in [1.54, 1.807) is 35.0 Å². The van der Waals surface area contributed by atoms with Crippen LogP contribution in [0.3, 0.4) is 0 Å². The monoisotopic (exact) mass is 267 g/mol. The Bertz CT molecular complexity index is 528. The predicted octanol–water partition coefficient (Wildman–Crippen LogP) is 2.51. The first-order valence-corrected chi connectivity index (χ1v) is 6.19. The summed E-state index contributed by atoms with van der Waals surface area (Å²) in [6, 6.07) is 5.04. The molecule has 0 aliphatic heterocycles. The zero-order chi connectivity index (χ0) is 12.3. The summed E-state index contributed by atoms with van der Waals surface area (Å²) in [6.45, 7) is 0.621. The van der Waals surface area contributed by atoms with Crippen molar-refractivity contribution in [1.82, 2.24) is 4.98 Å². The summed E-state index contributed by atoms with van der Waals surface area (Å²) in [4.78, 5) is 15.1. The summed E-state index contributed by atoms with van der Waals surface area (Å²) in [5, 5.41) is 5.47. The van der Waals surface area contributed by atoms with E-state index in [2.05, 4.69) is 10.3 Å². The Morgan fingerprint density at radius 2 is 2.35 bits per heavy atom. The number of rotatable bonds is 4. The molecule has 0 fully saturated rings. The standard InChI is InChI=1S/C11H10ClN3OS/c12-10-3-7(1-2-9(10)11(13)16)14-4-8-5-17-6-15-8/h1-3,5-6,14H,4H2,(H2,13,16). The Morgan fingerprint density at radius 1 is 1.53 bits per heavy atom. The molecule has 0 radical (unpaired) electrons. The second kappa shape index (κ2) is 5.16. The third-order valence-corrected chi connectivity index (χ3v) is 3.14. The SMILES string of the molecule is NC(=O)c1ccc(NCc2cscn2)cc1Cl. The summed E-state index contributed by atoms with van der Waals surface area (Å²) >= 11 is 7.48. The van der Waals surface area contributed by atoms with Crippen LogP contribution in [0.4, 0.5) is 5.69 Å². The third-order valence-electron chi connectivity index (χ3n) is 2.19. The van der Waals surface area contributed by atoms with Gasteiger partial charge in [-0.15, -0.1) is 11.3 Å². The smallest absolute Gasteiger partial charge is 0.250 e. The quantitative estimate of drug-likeness (QED) is 0.894. The van der Waals surface area contributed by atoms with E-state index in [0.29, 0.717) is 17.1 Å². The van der Waals surface area contributed by atoms with Gasteiger partial charge in [-0.3, -0.25) is 4.79 Å². The molecule has 1 heterocycles. The number of aromatic nitrogens is 1. The number of nitrogens with zero attached hydrogens (tertiary/aromatic N) is 1. The number of hydrogen-bond acceptors (Lipinski definition) is 4. The summed E-state index contributed by atoms with van der Waals surface area (Å²) < 4.78 is 0. The maximum Gasteiger partial charge on any atom is 0.250 e. The molecule has 88 valence electrons. The molecule has 0 bridgehead atoms. The number of nitrogens with two attached hydrogens (primary N) is 1. The van der Waals surface area contributed by atoms with Gasteiger partial charge in [0.15, 0.2) is 0 Å². The van der Waals surface area contributed by atoms with E-state index in [-0.39, 0.29) is 0 Å². The molecule has 0 saturated heterocycles. The molecule has 1 amide bonds. The van der Waals surface area contributed by atoms with Crippen molar-refractivity contribution in [2.75, 3.05) is 5.32 Å². The second-order valence-electron chi connectivity index (χ2n) is 3.39. The fourth-order valence-electron chi connectivity index (χ4n) is 1.34. The number of benzene rings is 1. The number of carbonyl (C=O) groups excluding carboxylic acids is 1. The second-order valence-corrected chi connectivity index (χ2v) is 4.52. The Hall–Kier alpha value is -1.59. The fraction of sp³-hybridized carbons (Fsp3) is 0.0909. The maximum absolute atomic E-state index is 11.0. The number of nitrogens with one attached hydrogen (secondary N) is 1. The Labute approximate surface area is 107 Å². The van der Waals surface area contributed by atoms with Gasteiger partial charge in [0.25, 0.3) is 0 Å². The van der Waals surface area contributed by atoms with E-state index in [1.807, 2.05) is 5.38 Å². The van der Waals surface area contributed by atoms with Crippen LogP contribution in [0.25, 0.3) is 0 Å². The Morgan fingerprint density at radius 3 is 2.94 bits per heavy atom. The number of thiazole rings is 1. The van der Waals surface area contributed by atoms with E-state index >= 15 is 0 Å². The van der Waals surface area contributed by atoms with Gasteiger partial charge in [-0.25, -0.2) is 4.98 Å². The molecule has 2 aromatic rings. The Kier molecular flexibility index (Phi) is 3.61. The average molecular weight is 268 g/mol. The van der Waals surface area contributed by atoms with Crippen molar-refractivity contribution >= 4 is 34.5 Å².